The lowest BCUT2D eigenvalue weighted by Gasteiger charge is -2.19. The minimum absolute atomic E-state index is 0.555. The van der Waals surface area contributed by atoms with Crippen molar-refractivity contribution in [2.45, 2.75) is 19.9 Å². The van der Waals surface area contributed by atoms with Crippen LogP contribution in [0.1, 0.15) is 13.8 Å². The zero-order valence-electron chi connectivity index (χ0n) is 9.47. The lowest BCUT2D eigenvalue weighted by atomic mass is 10.0. The molecule has 0 aliphatic heterocycles. The largest absolute Gasteiger partial charge is 0.480 e. The number of nitrogens with one attached hydrogen (secondary N) is 1. The van der Waals surface area contributed by atoms with Crippen molar-refractivity contribution in [1.82, 2.24) is 4.98 Å². The molecule has 0 aliphatic rings. The smallest absolute Gasteiger partial charge is 0.326 e. The molecule has 1 rings (SSSR count). The number of carboxylic acids is 1. The Balaban J connectivity index is 3.21. The maximum absolute atomic E-state index is 13.2. The molecule has 1 aromatic rings. The van der Waals surface area contributed by atoms with E-state index in [2.05, 4.69) is 4.98 Å². The van der Waals surface area contributed by atoms with Crippen LogP contribution in [0.4, 0.5) is 23.2 Å². The molecule has 8 heteroatoms. The molecule has 0 fully saturated rings. The van der Waals surface area contributed by atoms with E-state index in [-0.39, 0.29) is 0 Å². The highest BCUT2D eigenvalue weighted by Gasteiger charge is 2.27. The fourth-order valence-electron chi connectivity index (χ4n) is 1.28. The van der Waals surface area contributed by atoms with Gasteiger partial charge in [-0.15, -0.1) is 0 Å². The molecular weight excluding hydrogens is 256 g/mol. The summed E-state index contributed by atoms with van der Waals surface area (Å²) in [4.78, 5) is 13.2. The van der Waals surface area contributed by atoms with Crippen molar-refractivity contribution in [2.24, 2.45) is 5.92 Å². The van der Waals surface area contributed by atoms with Crippen molar-refractivity contribution < 1.29 is 27.5 Å². The summed E-state index contributed by atoms with van der Waals surface area (Å²) in [7, 11) is 0. The molecule has 0 amide bonds. The highest BCUT2D eigenvalue weighted by molar-refractivity contribution is 5.77. The normalized spacial score (nSPS) is 12.6. The van der Waals surface area contributed by atoms with Gasteiger partial charge >= 0.3 is 5.97 Å². The Bertz CT molecular complexity index is 453. The molecule has 0 saturated carbocycles. The van der Waals surface area contributed by atoms with Crippen LogP contribution in [0.25, 0.3) is 0 Å². The summed E-state index contributed by atoms with van der Waals surface area (Å²) in [5, 5.41) is 10.7. The molecule has 1 aromatic heterocycles. The summed E-state index contributed by atoms with van der Waals surface area (Å²) >= 11 is 0. The summed E-state index contributed by atoms with van der Waals surface area (Å²) in [6.07, 6.45) is 0. The van der Waals surface area contributed by atoms with E-state index in [9.17, 15) is 22.4 Å². The third-order valence-corrected chi connectivity index (χ3v) is 2.23. The van der Waals surface area contributed by atoms with Crippen molar-refractivity contribution in [3.05, 3.63) is 23.5 Å². The van der Waals surface area contributed by atoms with E-state index in [4.69, 9.17) is 5.11 Å². The Hall–Kier alpha value is -1.86. The number of rotatable bonds is 4. The molecule has 2 N–H and O–H groups in total. The fraction of sp³-hybridized carbons (Fsp3) is 0.400. The molecule has 0 unspecified atom stereocenters. The van der Waals surface area contributed by atoms with Gasteiger partial charge in [-0.2, -0.15) is 22.5 Å². The number of aliphatic carboxylic acids is 1. The summed E-state index contributed by atoms with van der Waals surface area (Å²) < 4.78 is 52.0. The number of nitrogens with zero attached hydrogens (tertiary/aromatic N) is 1. The predicted octanol–water partition coefficient (Wildman–Crippen LogP) is 2.16. The van der Waals surface area contributed by atoms with Gasteiger partial charge in [0, 0.05) is 0 Å². The Morgan fingerprint density at radius 1 is 1.17 bits per heavy atom. The highest BCUT2D eigenvalue weighted by atomic mass is 19.2. The number of hydrogen-bond acceptors (Lipinski definition) is 3. The van der Waals surface area contributed by atoms with Gasteiger partial charge in [-0.1, -0.05) is 13.8 Å². The van der Waals surface area contributed by atoms with Gasteiger partial charge in [0.25, 0.3) is 11.9 Å². The van der Waals surface area contributed by atoms with Gasteiger partial charge in [0.2, 0.25) is 11.6 Å². The van der Waals surface area contributed by atoms with Gasteiger partial charge in [-0.25, -0.2) is 4.79 Å². The average Bonchev–Trinajstić information content (AvgIpc) is 2.25. The summed E-state index contributed by atoms with van der Waals surface area (Å²) in [5.41, 5.74) is -1.18. The molecule has 4 nitrogen and oxygen atoms in total. The first-order chi connectivity index (χ1) is 8.25. The lowest BCUT2D eigenvalue weighted by molar-refractivity contribution is -0.138. The second-order valence-corrected chi connectivity index (χ2v) is 3.90. The Morgan fingerprint density at radius 3 is 1.94 bits per heavy atom. The second kappa shape index (κ2) is 5.19. The molecular formula is C10H10F4N2O2. The zero-order valence-corrected chi connectivity index (χ0v) is 9.47. The van der Waals surface area contributed by atoms with Crippen LogP contribution in [0.3, 0.4) is 0 Å². The summed E-state index contributed by atoms with van der Waals surface area (Å²) in [6, 6.07) is -1.39. The quantitative estimate of drug-likeness (QED) is 0.647. The average molecular weight is 266 g/mol. The number of halogens is 4. The summed E-state index contributed by atoms with van der Waals surface area (Å²) in [5.74, 6) is -9.17. The van der Waals surface area contributed by atoms with Crippen LogP contribution in [0, 0.1) is 29.4 Å². The van der Waals surface area contributed by atoms with E-state index in [1.165, 1.54) is 13.8 Å². The van der Waals surface area contributed by atoms with Crippen molar-refractivity contribution in [3.63, 3.8) is 0 Å². The fourth-order valence-corrected chi connectivity index (χ4v) is 1.28. The van der Waals surface area contributed by atoms with Gasteiger partial charge in [0.1, 0.15) is 11.7 Å². The van der Waals surface area contributed by atoms with Gasteiger partial charge in [-0.3, -0.25) is 0 Å². The number of carboxylic acid groups (broad SMARTS) is 1. The highest BCUT2D eigenvalue weighted by Crippen LogP contribution is 2.24. The number of anilines is 1. The Labute approximate surface area is 99.6 Å². The second-order valence-electron chi connectivity index (χ2n) is 3.90. The third-order valence-electron chi connectivity index (χ3n) is 2.23. The van der Waals surface area contributed by atoms with Crippen LogP contribution in [-0.4, -0.2) is 22.1 Å². The van der Waals surface area contributed by atoms with Gasteiger partial charge in [-0.05, 0) is 5.92 Å². The van der Waals surface area contributed by atoms with Crippen molar-refractivity contribution in [2.75, 3.05) is 5.32 Å². The van der Waals surface area contributed by atoms with E-state index in [1.54, 1.807) is 0 Å². The molecule has 18 heavy (non-hydrogen) atoms. The van der Waals surface area contributed by atoms with E-state index < -0.39 is 47.1 Å². The maximum atomic E-state index is 13.2. The topological polar surface area (TPSA) is 62.2 Å². The van der Waals surface area contributed by atoms with Crippen molar-refractivity contribution in [3.8, 4) is 0 Å². The van der Waals surface area contributed by atoms with Crippen LogP contribution in [0.15, 0.2) is 0 Å². The molecule has 0 saturated heterocycles. The Kier molecular flexibility index (Phi) is 4.10. The molecule has 0 aromatic carbocycles. The molecule has 0 radical (unpaired) electrons. The first kappa shape index (κ1) is 14.2. The zero-order chi connectivity index (χ0) is 14.0. The monoisotopic (exact) mass is 266 g/mol. The van der Waals surface area contributed by atoms with Gasteiger partial charge in [0.05, 0.1) is 0 Å². The van der Waals surface area contributed by atoms with Crippen LogP contribution in [0.2, 0.25) is 0 Å². The van der Waals surface area contributed by atoms with E-state index in [0.717, 1.165) is 0 Å². The SMILES string of the molecule is CC(C)[C@@H](Nc1c(F)c(F)nc(F)c1F)C(=O)O. The number of pyridine rings is 1. The minimum Gasteiger partial charge on any atom is -0.480 e. The van der Waals surface area contributed by atoms with Crippen LogP contribution in [0.5, 0.6) is 0 Å². The van der Waals surface area contributed by atoms with Crippen LogP contribution in [-0.2, 0) is 4.79 Å². The van der Waals surface area contributed by atoms with Gasteiger partial charge < -0.3 is 10.4 Å². The number of carbonyl (C=O) groups is 1. The van der Waals surface area contributed by atoms with E-state index in [0.29, 0.717) is 0 Å². The lowest BCUT2D eigenvalue weighted by Crippen LogP contribution is -2.35. The third kappa shape index (κ3) is 2.69. The minimum atomic E-state index is -1.84. The first-order valence-electron chi connectivity index (χ1n) is 4.95. The van der Waals surface area contributed by atoms with Crippen LogP contribution >= 0.6 is 0 Å². The standard InChI is InChI=1S/C10H10F4N2O2/c1-3(2)6(10(17)18)15-7-4(11)8(13)16-9(14)5(7)12/h3,6H,1-2H3,(H,15,16)(H,17,18)/t6-/m1/s1. The number of aromatic nitrogens is 1. The number of hydrogen-bond donors (Lipinski definition) is 2. The molecule has 100 valence electrons. The first-order valence-corrected chi connectivity index (χ1v) is 4.95. The Morgan fingerprint density at radius 2 is 1.61 bits per heavy atom. The molecule has 0 bridgehead atoms. The van der Waals surface area contributed by atoms with Gasteiger partial charge in [0.15, 0.2) is 0 Å². The maximum Gasteiger partial charge on any atom is 0.326 e. The van der Waals surface area contributed by atoms with E-state index in [1.807, 2.05) is 5.32 Å². The molecule has 1 atom stereocenters. The molecule has 1 heterocycles. The predicted molar refractivity (Wildman–Crippen MR) is 54.0 cm³/mol. The molecule has 0 spiro atoms. The summed E-state index contributed by atoms with van der Waals surface area (Å²) in [6.45, 7) is 2.94. The van der Waals surface area contributed by atoms with Crippen LogP contribution < -0.4 is 5.32 Å². The van der Waals surface area contributed by atoms with Crippen molar-refractivity contribution in [1.29, 1.82) is 0 Å². The molecule has 0 aliphatic carbocycles. The van der Waals surface area contributed by atoms with E-state index >= 15 is 0 Å². The van der Waals surface area contributed by atoms with Crippen molar-refractivity contribution >= 4 is 11.7 Å².